The molecular formula is C28H23ClN4O5. The Morgan fingerprint density at radius 1 is 1.16 bits per heavy atom. The zero-order valence-electron chi connectivity index (χ0n) is 20.8. The molecular weight excluding hydrogens is 508 g/mol. The minimum absolute atomic E-state index is 0.198. The lowest BCUT2D eigenvalue weighted by atomic mass is 10.2. The van der Waals surface area contributed by atoms with E-state index in [1.54, 1.807) is 60.7 Å². The normalized spacial score (nSPS) is 12.3. The number of hydrogen-bond acceptors (Lipinski definition) is 7. The maximum atomic E-state index is 13.5. The van der Waals surface area contributed by atoms with E-state index in [-0.39, 0.29) is 5.82 Å². The molecule has 3 aromatic carbocycles. The van der Waals surface area contributed by atoms with Crippen molar-refractivity contribution in [2.45, 2.75) is 13.0 Å². The van der Waals surface area contributed by atoms with Crippen molar-refractivity contribution in [1.82, 2.24) is 9.66 Å². The minimum atomic E-state index is -1.11. The van der Waals surface area contributed by atoms with Crippen LogP contribution in [0.4, 0.5) is 5.69 Å². The molecule has 2 aromatic heterocycles. The van der Waals surface area contributed by atoms with Crippen LogP contribution in [0.5, 0.6) is 5.75 Å². The zero-order valence-corrected chi connectivity index (χ0v) is 21.5. The van der Waals surface area contributed by atoms with E-state index in [1.807, 2.05) is 25.1 Å². The number of anilines is 1. The van der Waals surface area contributed by atoms with Crippen molar-refractivity contribution >= 4 is 51.3 Å². The van der Waals surface area contributed by atoms with Gasteiger partial charge < -0.3 is 19.2 Å². The van der Waals surface area contributed by atoms with E-state index in [4.69, 9.17) is 20.8 Å². The summed E-state index contributed by atoms with van der Waals surface area (Å²) in [7, 11) is 3.72. The number of nitrogens with zero attached hydrogens (tertiary/aromatic N) is 4. The quantitative estimate of drug-likeness (QED) is 0.286. The van der Waals surface area contributed by atoms with Crippen LogP contribution in [0, 0.1) is 0 Å². The third-order valence-corrected chi connectivity index (χ3v) is 6.16. The largest absolute Gasteiger partial charge is 0.479 e. The number of aliphatic carboxylic acids is 1. The minimum Gasteiger partial charge on any atom is -0.479 e. The number of carbonyl (C=O) groups is 1. The van der Waals surface area contributed by atoms with Crippen LogP contribution < -0.4 is 15.2 Å². The lowest BCUT2D eigenvalue weighted by Crippen LogP contribution is -2.24. The Balaban J connectivity index is 1.67. The molecule has 0 bridgehead atoms. The van der Waals surface area contributed by atoms with E-state index in [0.717, 1.165) is 15.7 Å². The molecule has 0 unspecified atom stereocenters. The third kappa shape index (κ3) is 4.83. The van der Waals surface area contributed by atoms with Gasteiger partial charge in [-0.1, -0.05) is 23.7 Å². The van der Waals surface area contributed by atoms with Crippen LogP contribution in [0.25, 0.3) is 33.5 Å². The van der Waals surface area contributed by atoms with Gasteiger partial charge in [-0.15, -0.1) is 0 Å². The van der Waals surface area contributed by atoms with Crippen LogP contribution in [0.15, 0.2) is 81.0 Å². The van der Waals surface area contributed by atoms with Gasteiger partial charge in [-0.05, 0) is 55.5 Å². The molecule has 5 rings (SSSR count). The number of benzene rings is 3. The number of carboxylic acid groups (broad SMARTS) is 1. The van der Waals surface area contributed by atoms with Crippen LogP contribution >= 0.6 is 11.6 Å². The smallest absolute Gasteiger partial charge is 0.344 e. The summed E-state index contributed by atoms with van der Waals surface area (Å²) in [5, 5.41) is 15.5. The molecule has 0 saturated heterocycles. The van der Waals surface area contributed by atoms with Crippen molar-refractivity contribution in [2.75, 3.05) is 19.0 Å². The molecule has 2 heterocycles. The maximum absolute atomic E-state index is 13.5. The molecule has 0 aliphatic heterocycles. The van der Waals surface area contributed by atoms with Gasteiger partial charge in [0.25, 0.3) is 5.56 Å². The standard InChI is InChI=1S/C28H23ClN4O5/c1-16(28(35)36)37-24-14-20(32(2)3)10-8-17(24)15-30-33-26(31-22-7-5-4-6-21(22)27(33)34)25-13-18-12-19(29)9-11-23(18)38-25/h4-16H,1-3H3,(H,35,36)/t16-/m1/s1. The van der Waals surface area contributed by atoms with Crippen molar-refractivity contribution in [2.24, 2.45) is 5.10 Å². The number of fused-ring (bicyclic) bond motifs is 2. The summed E-state index contributed by atoms with van der Waals surface area (Å²) in [5.41, 5.74) is 1.96. The van der Waals surface area contributed by atoms with Crippen molar-refractivity contribution in [1.29, 1.82) is 0 Å². The fourth-order valence-electron chi connectivity index (χ4n) is 3.89. The lowest BCUT2D eigenvalue weighted by Gasteiger charge is -2.17. The first-order valence-corrected chi connectivity index (χ1v) is 12.1. The molecule has 0 aliphatic carbocycles. The van der Waals surface area contributed by atoms with Gasteiger partial charge in [0.15, 0.2) is 11.9 Å². The molecule has 10 heteroatoms. The monoisotopic (exact) mass is 530 g/mol. The number of furan rings is 1. The summed E-state index contributed by atoms with van der Waals surface area (Å²) in [5.74, 6) is -0.272. The Bertz CT molecular complexity index is 1770. The summed E-state index contributed by atoms with van der Waals surface area (Å²) in [6.07, 6.45) is 0.340. The second kappa shape index (κ2) is 10.0. The molecule has 5 aromatic rings. The average molecular weight is 531 g/mol. The van der Waals surface area contributed by atoms with E-state index in [2.05, 4.69) is 10.1 Å². The summed E-state index contributed by atoms with van der Waals surface area (Å²) in [4.78, 5) is 31.5. The van der Waals surface area contributed by atoms with Crippen LogP contribution in [0.3, 0.4) is 0 Å². The van der Waals surface area contributed by atoms with Gasteiger partial charge in [-0.25, -0.2) is 9.78 Å². The molecule has 1 N–H and O–H groups in total. The van der Waals surface area contributed by atoms with E-state index >= 15 is 0 Å². The van der Waals surface area contributed by atoms with Gasteiger partial charge in [0.2, 0.25) is 5.82 Å². The van der Waals surface area contributed by atoms with E-state index < -0.39 is 17.6 Å². The van der Waals surface area contributed by atoms with Gasteiger partial charge in [0.1, 0.15) is 11.3 Å². The van der Waals surface area contributed by atoms with E-state index in [9.17, 15) is 14.7 Å². The molecule has 0 saturated carbocycles. The van der Waals surface area contributed by atoms with E-state index in [0.29, 0.717) is 38.6 Å². The third-order valence-electron chi connectivity index (χ3n) is 5.93. The number of carboxylic acids is 1. The summed E-state index contributed by atoms with van der Waals surface area (Å²) >= 11 is 6.14. The SMILES string of the molecule is C[C@@H](Oc1cc(N(C)C)ccc1C=Nn1c(-c2cc3cc(Cl)ccc3o2)nc2ccccc2c1=O)C(=O)O. The summed E-state index contributed by atoms with van der Waals surface area (Å²) in [6, 6.07) is 19.2. The van der Waals surface area contributed by atoms with E-state index in [1.165, 1.54) is 13.1 Å². The number of ether oxygens (including phenoxy) is 1. The Morgan fingerprint density at radius 2 is 1.95 bits per heavy atom. The first-order valence-electron chi connectivity index (χ1n) is 11.7. The molecule has 38 heavy (non-hydrogen) atoms. The molecule has 0 radical (unpaired) electrons. The highest BCUT2D eigenvalue weighted by atomic mass is 35.5. The predicted molar refractivity (Wildman–Crippen MR) is 148 cm³/mol. The van der Waals surface area contributed by atoms with Crippen molar-refractivity contribution < 1.29 is 19.1 Å². The highest BCUT2D eigenvalue weighted by molar-refractivity contribution is 6.31. The molecule has 0 fully saturated rings. The van der Waals surface area contributed by atoms with Crippen LogP contribution in [0.2, 0.25) is 5.02 Å². The fourth-order valence-corrected chi connectivity index (χ4v) is 4.07. The molecule has 0 aliphatic rings. The van der Waals surface area contributed by atoms with Gasteiger partial charge in [-0.2, -0.15) is 9.78 Å². The molecule has 9 nitrogen and oxygen atoms in total. The fraction of sp³-hybridized carbons (Fsp3) is 0.143. The van der Waals surface area contributed by atoms with Crippen LogP contribution in [-0.4, -0.2) is 47.1 Å². The predicted octanol–water partition coefficient (Wildman–Crippen LogP) is 5.26. The van der Waals surface area contributed by atoms with Crippen molar-refractivity contribution in [3.8, 4) is 17.3 Å². The second-order valence-corrected chi connectivity index (χ2v) is 9.26. The molecule has 0 spiro atoms. The van der Waals surface area contributed by atoms with Crippen LogP contribution in [-0.2, 0) is 4.79 Å². The topological polar surface area (TPSA) is 110 Å². The molecule has 0 amide bonds. The maximum Gasteiger partial charge on any atom is 0.344 e. The molecule has 1 atom stereocenters. The van der Waals surface area contributed by atoms with Gasteiger partial charge in [-0.3, -0.25) is 4.79 Å². The van der Waals surface area contributed by atoms with Gasteiger partial charge in [0, 0.05) is 41.8 Å². The first-order chi connectivity index (χ1) is 18.2. The lowest BCUT2D eigenvalue weighted by molar-refractivity contribution is -0.144. The van der Waals surface area contributed by atoms with Crippen LogP contribution in [0.1, 0.15) is 12.5 Å². The second-order valence-electron chi connectivity index (χ2n) is 8.82. The highest BCUT2D eigenvalue weighted by Crippen LogP contribution is 2.29. The Hall–Kier alpha value is -4.63. The highest BCUT2D eigenvalue weighted by Gasteiger charge is 2.18. The number of aromatic nitrogens is 2. The van der Waals surface area contributed by atoms with Gasteiger partial charge >= 0.3 is 5.97 Å². The Morgan fingerprint density at radius 3 is 2.71 bits per heavy atom. The number of halogens is 1. The van der Waals surface area contributed by atoms with Gasteiger partial charge in [0.05, 0.1) is 17.1 Å². The Kier molecular flexibility index (Phi) is 6.61. The first kappa shape index (κ1) is 25.0. The Labute approximate surface area is 222 Å². The summed E-state index contributed by atoms with van der Waals surface area (Å²) < 4.78 is 12.9. The van der Waals surface area contributed by atoms with Crippen molar-refractivity contribution in [3.05, 3.63) is 87.7 Å². The summed E-state index contributed by atoms with van der Waals surface area (Å²) in [6.45, 7) is 1.44. The number of rotatable bonds is 7. The van der Waals surface area contributed by atoms with Crippen molar-refractivity contribution in [3.63, 3.8) is 0 Å². The average Bonchev–Trinajstić information content (AvgIpc) is 3.31. The number of hydrogen-bond donors (Lipinski definition) is 1. The molecule has 192 valence electrons. The number of para-hydroxylation sites is 1. The zero-order chi connectivity index (χ0) is 27.0.